The quantitative estimate of drug-likeness (QED) is 0.553. The summed E-state index contributed by atoms with van der Waals surface area (Å²) in [4.78, 5) is 34.9. The summed E-state index contributed by atoms with van der Waals surface area (Å²) in [5, 5.41) is 13.8. The lowest BCUT2D eigenvalue weighted by Gasteiger charge is -2.20. The van der Waals surface area contributed by atoms with E-state index in [0.717, 1.165) is 0 Å². The molecule has 1 unspecified atom stereocenters. The molecule has 7 nitrogen and oxygen atoms in total. The second-order valence-electron chi connectivity index (χ2n) is 4.30. The Bertz CT molecular complexity index is 320. The lowest BCUT2D eigenvalue weighted by molar-refractivity contribution is -0.141. The molecule has 0 aliphatic carbocycles. The minimum Gasteiger partial charge on any atom is -0.481 e. The van der Waals surface area contributed by atoms with E-state index < -0.39 is 11.9 Å². The summed E-state index contributed by atoms with van der Waals surface area (Å²) < 4.78 is 0. The number of nitrogens with one attached hydrogen (secondary N) is 2. The van der Waals surface area contributed by atoms with Crippen LogP contribution in [0, 0.1) is 5.92 Å². The van der Waals surface area contributed by atoms with Gasteiger partial charge in [-0.05, 0) is 19.8 Å². The average molecular weight is 273 g/mol. The number of carbonyl (C=O) groups excluding carboxylic acids is 2. The van der Waals surface area contributed by atoms with Gasteiger partial charge in [-0.2, -0.15) is 0 Å². The number of hydrogen-bond acceptors (Lipinski definition) is 3. The van der Waals surface area contributed by atoms with Gasteiger partial charge in [-0.25, -0.2) is 4.79 Å². The minimum absolute atomic E-state index is 0.0182. The summed E-state index contributed by atoms with van der Waals surface area (Å²) in [6, 6.07) is -0.311. The molecule has 0 aromatic rings. The van der Waals surface area contributed by atoms with E-state index in [2.05, 4.69) is 10.6 Å². The van der Waals surface area contributed by atoms with Crippen LogP contribution >= 0.6 is 0 Å². The summed E-state index contributed by atoms with van der Waals surface area (Å²) in [7, 11) is 1.52. The molecule has 0 fully saturated rings. The first-order valence-corrected chi connectivity index (χ1v) is 6.38. The van der Waals surface area contributed by atoms with Crippen LogP contribution in [0.1, 0.15) is 26.7 Å². The number of aliphatic carboxylic acids is 1. The number of carbonyl (C=O) groups is 3. The monoisotopic (exact) mass is 273 g/mol. The number of nitrogens with zero attached hydrogens (tertiary/aromatic N) is 1. The molecule has 19 heavy (non-hydrogen) atoms. The lowest BCUT2D eigenvalue weighted by Crippen LogP contribution is -2.45. The van der Waals surface area contributed by atoms with Gasteiger partial charge in [-0.15, -0.1) is 0 Å². The zero-order valence-corrected chi connectivity index (χ0v) is 11.7. The first-order valence-electron chi connectivity index (χ1n) is 6.38. The van der Waals surface area contributed by atoms with Gasteiger partial charge in [0.15, 0.2) is 0 Å². The normalized spacial score (nSPS) is 11.5. The standard InChI is InChI=1S/C12H23N3O4/c1-4-15(8-10(16)13-3)12(19)14-7-5-6-9(2)11(17)18/h9H,4-8H2,1-3H3,(H,13,16)(H,14,19)(H,17,18). The molecule has 1 atom stereocenters. The fourth-order valence-corrected chi connectivity index (χ4v) is 1.42. The third kappa shape index (κ3) is 7.28. The fraction of sp³-hybridized carbons (Fsp3) is 0.750. The number of hydrogen-bond donors (Lipinski definition) is 3. The van der Waals surface area contributed by atoms with Gasteiger partial charge < -0.3 is 20.6 Å². The van der Waals surface area contributed by atoms with Crippen LogP contribution in [0.25, 0.3) is 0 Å². The Labute approximate surface area is 113 Å². The minimum atomic E-state index is -0.832. The highest BCUT2D eigenvalue weighted by Gasteiger charge is 2.14. The molecule has 0 saturated carbocycles. The van der Waals surface area contributed by atoms with E-state index >= 15 is 0 Å². The predicted octanol–water partition coefficient (Wildman–Crippen LogP) is 0.265. The first kappa shape index (κ1) is 17.2. The predicted molar refractivity (Wildman–Crippen MR) is 70.7 cm³/mol. The van der Waals surface area contributed by atoms with E-state index in [1.807, 2.05) is 0 Å². The number of amides is 3. The Morgan fingerprint density at radius 2 is 1.95 bits per heavy atom. The number of urea groups is 1. The molecule has 0 bridgehead atoms. The van der Waals surface area contributed by atoms with Crippen molar-refractivity contribution in [2.45, 2.75) is 26.7 Å². The summed E-state index contributed by atoms with van der Waals surface area (Å²) in [6.07, 6.45) is 1.11. The molecule has 0 aliphatic rings. The number of likely N-dealkylation sites (N-methyl/N-ethyl adjacent to an activating group) is 2. The Morgan fingerprint density at radius 1 is 1.32 bits per heavy atom. The van der Waals surface area contributed by atoms with Crippen LogP contribution in [0.15, 0.2) is 0 Å². The summed E-state index contributed by atoms with van der Waals surface area (Å²) in [6.45, 7) is 4.28. The molecule has 3 amide bonds. The van der Waals surface area contributed by atoms with Crippen molar-refractivity contribution in [3.63, 3.8) is 0 Å². The van der Waals surface area contributed by atoms with Crippen LogP contribution in [0.4, 0.5) is 4.79 Å². The van der Waals surface area contributed by atoms with Gasteiger partial charge in [0.1, 0.15) is 6.54 Å². The van der Waals surface area contributed by atoms with Gasteiger partial charge in [0.2, 0.25) is 5.91 Å². The van der Waals surface area contributed by atoms with Gasteiger partial charge in [0.05, 0.1) is 5.92 Å². The van der Waals surface area contributed by atoms with Gasteiger partial charge in [-0.1, -0.05) is 6.92 Å². The first-order chi connectivity index (χ1) is 8.92. The third-order valence-corrected chi connectivity index (χ3v) is 2.79. The van der Waals surface area contributed by atoms with Crippen LogP contribution in [0.2, 0.25) is 0 Å². The van der Waals surface area contributed by atoms with Gasteiger partial charge in [0.25, 0.3) is 0 Å². The van der Waals surface area contributed by atoms with Crippen LogP contribution in [0.5, 0.6) is 0 Å². The summed E-state index contributed by atoms with van der Waals surface area (Å²) >= 11 is 0. The molecule has 0 radical (unpaired) electrons. The van der Waals surface area contributed by atoms with Crippen molar-refractivity contribution < 1.29 is 19.5 Å². The smallest absolute Gasteiger partial charge is 0.317 e. The van der Waals surface area contributed by atoms with Gasteiger partial charge in [-0.3, -0.25) is 9.59 Å². The summed E-state index contributed by atoms with van der Waals surface area (Å²) in [5.41, 5.74) is 0. The van der Waals surface area contributed by atoms with E-state index in [9.17, 15) is 14.4 Å². The zero-order valence-electron chi connectivity index (χ0n) is 11.7. The second kappa shape index (κ2) is 9.18. The maximum atomic E-state index is 11.7. The van der Waals surface area contributed by atoms with E-state index in [1.54, 1.807) is 13.8 Å². The highest BCUT2D eigenvalue weighted by Crippen LogP contribution is 2.04. The topological polar surface area (TPSA) is 98.7 Å². The Kier molecular flexibility index (Phi) is 8.32. The highest BCUT2D eigenvalue weighted by atomic mass is 16.4. The molecule has 0 rings (SSSR count). The fourth-order valence-electron chi connectivity index (χ4n) is 1.42. The maximum absolute atomic E-state index is 11.7. The summed E-state index contributed by atoms with van der Waals surface area (Å²) in [5.74, 6) is -1.47. The Morgan fingerprint density at radius 3 is 2.42 bits per heavy atom. The molecule has 7 heteroatoms. The zero-order chi connectivity index (χ0) is 14.8. The molecule has 110 valence electrons. The molecule has 0 aromatic heterocycles. The van der Waals surface area contributed by atoms with Crippen LogP contribution in [-0.4, -0.2) is 54.6 Å². The second-order valence-corrected chi connectivity index (χ2v) is 4.30. The van der Waals surface area contributed by atoms with Crippen molar-refractivity contribution in [1.82, 2.24) is 15.5 Å². The largest absolute Gasteiger partial charge is 0.481 e. The van der Waals surface area contributed by atoms with Crippen molar-refractivity contribution >= 4 is 17.9 Å². The number of carboxylic acid groups (broad SMARTS) is 1. The maximum Gasteiger partial charge on any atom is 0.317 e. The van der Waals surface area contributed by atoms with E-state index in [-0.39, 0.29) is 18.5 Å². The highest BCUT2D eigenvalue weighted by molar-refractivity contribution is 5.83. The number of carboxylic acids is 1. The lowest BCUT2D eigenvalue weighted by atomic mass is 10.1. The van der Waals surface area contributed by atoms with Gasteiger partial charge in [0, 0.05) is 20.1 Å². The van der Waals surface area contributed by atoms with Crippen molar-refractivity contribution in [2.24, 2.45) is 5.92 Å². The van der Waals surface area contributed by atoms with E-state index in [0.29, 0.717) is 25.9 Å². The van der Waals surface area contributed by atoms with Gasteiger partial charge >= 0.3 is 12.0 Å². The van der Waals surface area contributed by atoms with E-state index in [1.165, 1.54) is 11.9 Å². The Balaban J connectivity index is 3.94. The number of rotatable bonds is 8. The molecule has 0 aromatic carbocycles. The Hall–Kier alpha value is -1.79. The van der Waals surface area contributed by atoms with Crippen molar-refractivity contribution in [1.29, 1.82) is 0 Å². The van der Waals surface area contributed by atoms with Crippen molar-refractivity contribution in [2.75, 3.05) is 26.7 Å². The molecule has 0 saturated heterocycles. The molecule has 0 heterocycles. The third-order valence-electron chi connectivity index (χ3n) is 2.79. The van der Waals surface area contributed by atoms with Crippen LogP contribution < -0.4 is 10.6 Å². The molecule has 0 spiro atoms. The SMILES string of the molecule is CCN(CC(=O)NC)C(=O)NCCCC(C)C(=O)O. The van der Waals surface area contributed by atoms with Crippen LogP contribution in [0.3, 0.4) is 0 Å². The van der Waals surface area contributed by atoms with Crippen molar-refractivity contribution in [3.8, 4) is 0 Å². The average Bonchev–Trinajstić information content (AvgIpc) is 2.39. The molecule has 0 aliphatic heterocycles. The molecular weight excluding hydrogens is 250 g/mol. The van der Waals surface area contributed by atoms with Crippen molar-refractivity contribution in [3.05, 3.63) is 0 Å². The van der Waals surface area contributed by atoms with Crippen LogP contribution in [-0.2, 0) is 9.59 Å². The van der Waals surface area contributed by atoms with E-state index in [4.69, 9.17) is 5.11 Å². The molecule has 3 N–H and O–H groups in total. The molecular formula is C12H23N3O4.